The topological polar surface area (TPSA) is 30.3 Å². The zero-order valence-electron chi connectivity index (χ0n) is 14.6. The molecule has 0 saturated heterocycles. The van der Waals surface area contributed by atoms with E-state index in [1.165, 1.54) is 11.3 Å². The van der Waals surface area contributed by atoms with Crippen LogP contribution in [0.2, 0.25) is 0 Å². The molecule has 4 heteroatoms. The number of hydrogen-bond acceptors (Lipinski definition) is 3. The molecule has 3 aromatic rings. The molecular weight excluding hydrogens is 310 g/mol. The second-order valence-corrected chi connectivity index (χ2v) is 6.68. The average Bonchev–Trinajstić information content (AvgIpc) is 3.31. The first-order valence-electron chi connectivity index (χ1n) is 8.67. The van der Waals surface area contributed by atoms with Gasteiger partial charge >= 0.3 is 0 Å². The third kappa shape index (κ3) is 3.53. The van der Waals surface area contributed by atoms with Crippen molar-refractivity contribution in [2.45, 2.75) is 25.5 Å². The Morgan fingerprint density at radius 1 is 1.16 bits per heavy atom. The second kappa shape index (κ2) is 6.63. The number of hydrogen-bond donors (Lipinski definition) is 0. The smallest absolute Gasteiger partial charge is 0.120 e. The summed E-state index contributed by atoms with van der Waals surface area (Å²) < 4.78 is 7.92. The molecule has 0 N–H and O–H groups in total. The van der Waals surface area contributed by atoms with Crippen molar-refractivity contribution in [1.82, 2.24) is 9.78 Å². The van der Waals surface area contributed by atoms with E-state index in [1.807, 2.05) is 22.9 Å². The van der Waals surface area contributed by atoms with Gasteiger partial charge in [-0.1, -0.05) is 30.3 Å². The minimum absolute atomic E-state index is 0.402. The maximum absolute atomic E-state index is 5.93. The lowest BCUT2D eigenvalue weighted by Gasteiger charge is -2.18. The normalized spacial score (nSPS) is 13.7. The van der Waals surface area contributed by atoms with E-state index >= 15 is 0 Å². The van der Waals surface area contributed by atoms with Crippen molar-refractivity contribution in [1.29, 1.82) is 0 Å². The third-order valence-corrected chi connectivity index (χ3v) is 4.41. The molecule has 0 aliphatic heterocycles. The van der Waals surface area contributed by atoms with E-state index in [0.29, 0.717) is 12.6 Å². The predicted octanol–water partition coefficient (Wildman–Crippen LogP) is 4.01. The fraction of sp³-hybridized carbons (Fsp3) is 0.286. The Morgan fingerprint density at radius 2 is 2.00 bits per heavy atom. The van der Waals surface area contributed by atoms with Crippen molar-refractivity contribution < 1.29 is 4.74 Å². The first-order valence-corrected chi connectivity index (χ1v) is 8.67. The number of anilines is 1. The maximum Gasteiger partial charge on any atom is 0.120 e. The Balaban J connectivity index is 1.63. The van der Waals surface area contributed by atoms with Crippen LogP contribution in [0.3, 0.4) is 0 Å². The second-order valence-electron chi connectivity index (χ2n) is 6.68. The summed E-state index contributed by atoms with van der Waals surface area (Å²) in [6, 6.07) is 18.6. The Labute approximate surface area is 148 Å². The third-order valence-electron chi connectivity index (χ3n) is 4.41. The summed E-state index contributed by atoms with van der Waals surface area (Å²) >= 11 is 0. The van der Waals surface area contributed by atoms with Crippen molar-refractivity contribution in [2.24, 2.45) is 0 Å². The highest BCUT2D eigenvalue weighted by atomic mass is 16.5. The summed E-state index contributed by atoms with van der Waals surface area (Å²) in [5, 5.41) is 4.42. The Kier molecular flexibility index (Phi) is 4.18. The summed E-state index contributed by atoms with van der Waals surface area (Å²) in [4.78, 5) is 2.13. The molecule has 1 fully saturated rings. The predicted molar refractivity (Wildman–Crippen MR) is 100 cm³/mol. The monoisotopic (exact) mass is 332 g/mol. The van der Waals surface area contributed by atoms with E-state index in [1.54, 1.807) is 0 Å². The van der Waals surface area contributed by atoms with E-state index < -0.39 is 0 Å². The Hall–Kier alpha value is -2.75. The molecule has 0 amide bonds. The lowest BCUT2D eigenvalue weighted by molar-refractivity contribution is 0.303. The molecule has 0 unspecified atom stereocenters. The number of aromatic nitrogens is 2. The van der Waals surface area contributed by atoms with Crippen LogP contribution in [0.5, 0.6) is 5.75 Å². The summed E-state index contributed by atoms with van der Waals surface area (Å²) in [7, 11) is 4.13. The van der Waals surface area contributed by atoms with Crippen LogP contribution in [0.1, 0.15) is 18.4 Å². The van der Waals surface area contributed by atoms with Gasteiger partial charge in [-0.2, -0.15) is 5.10 Å². The lowest BCUT2D eigenvalue weighted by Crippen LogP contribution is -2.13. The molecule has 127 valence electrons. The van der Waals surface area contributed by atoms with Gasteiger partial charge in [-0.15, -0.1) is 0 Å². The summed E-state index contributed by atoms with van der Waals surface area (Å²) in [6.45, 7) is 0.709. The molecule has 1 radical (unpaired) electrons. The molecule has 1 aliphatic carbocycles. The highest BCUT2D eigenvalue weighted by molar-refractivity contribution is 5.62. The van der Waals surface area contributed by atoms with Crippen molar-refractivity contribution >= 4 is 5.69 Å². The molecule has 1 saturated carbocycles. The van der Waals surface area contributed by atoms with E-state index in [2.05, 4.69) is 66.7 Å². The lowest BCUT2D eigenvalue weighted by atomic mass is 10.1. The largest absolute Gasteiger partial charge is 0.490 e. The van der Waals surface area contributed by atoms with Gasteiger partial charge in [0.25, 0.3) is 0 Å². The van der Waals surface area contributed by atoms with Gasteiger partial charge in [0.05, 0.1) is 18.3 Å². The van der Waals surface area contributed by atoms with Crippen molar-refractivity contribution in [3.05, 3.63) is 66.4 Å². The van der Waals surface area contributed by atoms with Gasteiger partial charge in [-0.25, -0.2) is 0 Å². The van der Waals surface area contributed by atoms with Crippen LogP contribution in [0.25, 0.3) is 11.3 Å². The fourth-order valence-corrected chi connectivity index (χ4v) is 2.99. The van der Waals surface area contributed by atoms with E-state index in [0.717, 1.165) is 29.8 Å². The minimum atomic E-state index is 0.402. The quantitative estimate of drug-likeness (QED) is 0.683. The molecule has 0 atom stereocenters. The molecule has 0 spiro atoms. The van der Waals surface area contributed by atoms with Gasteiger partial charge in [0.2, 0.25) is 0 Å². The van der Waals surface area contributed by atoms with Gasteiger partial charge in [0, 0.05) is 25.3 Å². The summed E-state index contributed by atoms with van der Waals surface area (Å²) in [5.74, 6) is 0.932. The van der Waals surface area contributed by atoms with E-state index in [-0.39, 0.29) is 0 Å². The van der Waals surface area contributed by atoms with Crippen molar-refractivity contribution in [3.63, 3.8) is 0 Å². The first-order chi connectivity index (χ1) is 12.2. The summed E-state index contributed by atoms with van der Waals surface area (Å²) in [6.07, 6.45) is 5.73. The fourth-order valence-electron chi connectivity index (χ4n) is 2.99. The number of para-hydroxylation sites is 1. The standard InChI is InChI=1S/C21H22N3O/c1-23(2)20-9-4-3-6-17(20)15-24-21(12-13-22-24)16-7-5-8-19(14-16)25-18-10-11-18/h3-9,12,14,18H,10-11,15H2,1-2H3. The summed E-state index contributed by atoms with van der Waals surface area (Å²) in [5.41, 5.74) is 4.59. The molecule has 2 aromatic carbocycles. The Bertz CT molecular complexity index is 865. The van der Waals surface area contributed by atoms with Crippen LogP contribution in [-0.4, -0.2) is 30.0 Å². The SMILES string of the molecule is CN(C)c1ccccc1Cn1n[c]cc1-c1cccc(OC2CC2)c1. The highest BCUT2D eigenvalue weighted by Gasteiger charge is 2.23. The minimum Gasteiger partial charge on any atom is -0.490 e. The zero-order valence-corrected chi connectivity index (χ0v) is 14.6. The Morgan fingerprint density at radius 3 is 2.80 bits per heavy atom. The van der Waals surface area contributed by atoms with Crippen LogP contribution >= 0.6 is 0 Å². The molecular formula is C21H22N3O. The number of rotatable bonds is 6. The van der Waals surface area contributed by atoms with E-state index in [4.69, 9.17) is 4.74 Å². The van der Waals surface area contributed by atoms with Gasteiger partial charge in [-0.05, 0) is 42.7 Å². The van der Waals surface area contributed by atoms with Crippen molar-refractivity contribution in [2.75, 3.05) is 19.0 Å². The van der Waals surface area contributed by atoms with Gasteiger partial charge in [0.1, 0.15) is 11.9 Å². The van der Waals surface area contributed by atoms with Gasteiger partial charge in [0.15, 0.2) is 0 Å². The highest BCUT2D eigenvalue weighted by Crippen LogP contribution is 2.30. The number of benzene rings is 2. The van der Waals surface area contributed by atoms with Crippen LogP contribution < -0.4 is 9.64 Å². The van der Waals surface area contributed by atoms with E-state index in [9.17, 15) is 0 Å². The van der Waals surface area contributed by atoms with Gasteiger partial charge in [-0.3, -0.25) is 4.68 Å². The average molecular weight is 332 g/mol. The molecule has 0 bridgehead atoms. The maximum atomic E-state index is 5.93. The molecule has 1 aliphatic rings. The molecule has 1 aromatic heterocycles. The molecule has 25 heavy (non-hydrogen) atoms. The number of ether oxygens (including phenoxy) is 1. The number of nitrogens with zero attached hydrogens (tertiary/aromatic N) is 3. The van der Waals surface area contributed by atoms with Crippen LogP contribution in [0.4, 0.5) is 5.69 Å². The van der Waals surface area contributed by atoms with Crippen molar-refractivity contribution in [3.8, 4) is 17.0 Å². The molecule has 4 nitrogen and oxygen atoms in total. The van der Waals surface area contributed by atoms with Crippen LogP contribution in [0, 0.1) is 6.20 Å². The molecule has 4 rings (SSSR count). The zero-order chi connectivity index (χ0) is 17.2. The van der Waals surface area contributed by atoms with Crippen LogP contribution in [-0.2, 0) is 6.54 Å². The van der Waals surface area contributed by atoms with Crippen LogP contribution in [0.15, 0.2) is 54.6 Å². The molecule has 1 heterocycles. The first kappa shape index (κ1) is 15.8. The van der Waals surface area contributed by atoms with Gasteiger partial charge < -0.3 is 9.64 Å².